The molecule has 11 heavy (non-hydrogen) atoms. The molecule has 0 radical (unpaired) electrons. The first-order valence-electron chi connectivity index (χ1n) is 3.37. The highest BCUT2D eigenvalue weighted by Gasteiger charge is 2.09. The number of hydrogen-bond donors (Lipinski definition) is 0. The zero-order chi connectivity index (χ0) is 8.43. The van der Waals surface area contributed by atoms with Crippen molar-refractivity contribution < 1.29 is 4.74 Å². The quantitative estimate of drug-likeness (QED) is 0.639. The predicted octanol–water partition coefficient (Wildman–Crippen LogP) is 1.73. The first-order valence-corrected chi connectivity index (χ1v) is 3.80. The third-order valence-corrected chi connectivity index (χ3v) is 1.73. The van der Waals surface area contributed by atoms with E-state index in [1.54, 1.807) is 11.8 Å². The van der Waals surface area contributed by atoms with Crippen molar-refractivity contribution in [2.45, 2.75) is 12.3 Å². The molecule has 1 heterocycles. The molecular weight excluding hydrogens is 164 g/mol. The van der Waals surface area contributed by atoms with Crippen LogP contribution in [0.5, 0.6) is 5.88 Å². The standard InChI is InChI=1S/C7H11ClN2O/c1-5(8)6-4-7(11-3)9-10(6)2/h4-5H,1-3H3. The molecule has 0 saturated carbocycles. The Hall–Kier alpha value is -0.700. The van der Waals surface area contributed by atoms with Gasteiger partial charge < -0.3 is 4.74 Å². The summed E-state index contributed by atoms with van der Waals surface area (Å²) in [6.07, 6.45) is 0. The van der Waals surface area contributed by atoms with Gasteiger partial charge in [-0.25, -0.2) is 0 Å². The third kappa shape index (κ3) is 1.66. The first kappa shape index (κ1) is 8.40. The molecule has 62 valence electrons. The Kier molecular flexibility index (Phi) is 2.39. The van der Waals surface area contributed by atoms with E-state index in [2.05, 4.69) is 5.10 Å². The van der Waals surface area contributed by atoms with Crippen LogP contribution in [0.4, 0.5) is 0 Å². The van der Waals surface area contributed by atoms with Gasteiger partial charge in [-0.05, 0) is 6.92 Å². The fourth-order valence-electron chi connectivity index (χ4n) is 0.926. The SMILES string of the molecule is COc1cc(C(C)Cl)n(C)n1. The van der Waals surface area contributed by atoms with E-state index in [0.717, 1.165) is 5.69 Å². The van der Waals surface area contributed by atoms with E-state index < -0.39 is 0 Å². The van der Waals surface area contributed by atoms with Gasteiger partial charge in [-0.1, -0.05) is 0 Å². The highest BCUT2D eigenvalue weighted by atomic mass is 35.5. The van der Waals surface area contributed by atoms with Crippen molar-refractivity contribution in [2.24, 2.45) is 7.05 Å². The van der Waals surface area contributed by atoms with Crippen molar-refractivity contribution in [1.29, 1.82) is 0 Å². The minimum absolute atomic E-state index is 0.0311. The van der Waals surface area contributed by atoms with Gasteiger partial charge in [0.05, 0.1) is 18.2 Å². The van der Waals surface area contributed by atoms with Crippen LogP contribution < -0.4 is 4.74 Å². The normalized spacial score (nSPS) is 13.1. The average Bonchev–Trinajstić information content (AvgIpc) is 2.30. The molecule has 0 bridgehead atoms. The van der Waals surface area contributed by atoms with E-state index >= 15 is 0 Å². The predicted molar refractivity (Wildman–Crippen MR) is 44.0 cm³/mol. The molecule has 1 rings (SSSR count). The van der Waals surface area contributed by atoms with Gasteiger partial charge in [-0.2, -0.15) is 0 Å². The molecule has 0 amide bonds. The molecule has 3 nitrogen and oxygen atoms in total. The van der Waals surface area contributed by atoms with Crippen LogP contribution in [0.2, 0.25) is 0 Å². The van der Waals surface area contributed by atoms with Gasteiger partial charge in [0.2, 0.25) is 5.88 Å². The van der Waals surface area contributed by atoms with Gasteiger partial charge in [0.15, 0.2) is 0 Å². The van der Waals surface area contributed by atoms with Gasteiger partial charge in [0.1, 0.15) is 0 Å². The number of hydrogen-bond acceptors (Lipinski definition) is 2. The Morgan fingerprint density at radius 1 is 1.73 bits per heavy atom. The molecule has 0 fully saturated rings. The second-order valence-electron chi connectivity index (χ2n) is 2.35. The summed E-state index contributed by atoms with van der Waals surface area (Å²) in [5.74, 6) is 0.606. The molecule has 1 atom stereocenters. The molecule has 1 aromatic rings. The van der Waals surface area contributed by atoms with Crippen LogP contribution in [0, 0.1) is 0 Å². The lowest BCUT2D eigenvalue weighted by Crippen LogP contribution is -1.97. The number of nitrogens with zero attached hydrogens (tertiary/aromatic N) is 2. The van der Waals surface area contributed by atoms with Crippen molar-refractivity contribution in [2.75, 3.05) is 7.11 Å². The van der Waals surface area contributed by atoms with Crippen LogP contribution in [0.3, 0.4) is 0 Å². The summed E-state index contributed by atoms with van der Waals surface area (Å²) >= 11 is 5.86. The Labute approximate surface area is 70.9 Å². The lowest BCUT2D eigenvalue weighted by molar-refractivity contribution is 0.392. The number of aryl methyl sites for hydroxylation is 1. The number of halogens is 1. The highest BCUT2D eigenvalue weighted by molar-refractivity contribution is 6.20. The Morgan fingerprint density at radius 2 is 2.36 bits per heavy atom. The zero-order valence-corrected chi connectivity index (χ0v) is 7.59. The number of aromatic nitrogens is 2. The van der Waals surface area contributed by atoms with Crippen LogP contribution in [0.1, 0.15) is 18.0 Å². The summed E-state index contributed by atoms with van der Waals surface area (Å²) in [5, 5.41) is 4.03. The van der Waals surface area contributed by atoms with Gasteiger partial charge in [-0.15, -0.1) is 16.7 Å². The highest BCUT2D eigenvalue weighted by Crippen LogP contribution is 2.21. The van der Waals surface area contributed by atoms with Crippen LogP contribution >= 0.6 is 11.6 Å². The van der Waals surface area contributed by atoms with E-state index in [0.29, 0.717) is 5.88 Å². The Morgan fingerprint density at radius 3 is 2.64 bits per heavy atom. The van der Waals surface area contributed by atoms with Crippen LogP contribution in [0.15, 0.2) is 6.07 Å². The molecule has 1 aromatic heterocycles. The molecule has 0 aliphatic rings. The maximum Gasteiger partial charge on any atom is 0.232 e. The average molecular weight is 175 g/mol. The molecule has 0 saturated heterocycles. The number of alkyl halides is 1. The minimum Gasteiger partial charge on any atom is -0.480 e. The largest absolute Gasteiger partial charge is 0.480 e. The van der Waals surface area contributed by atoms with Gasteiger partial charge in [0, 0.05) is 13.1 Å². The minimum atomic E-state index is -0.0311. The maximum absolute atomic E-state index is 5.86. The first-order chi connectivity index (χ1) is 5.15. The van der Waals surface area contributed by atoms with Crippen molar-refractivity contribution in [3.05, 3.63) is 11.8 Å². The monoisotopic (exact) mass is 174 g/mol. The van der Waals surface area contributed by atoms with Gasteiger partial charge in [-0.3, -0.25) is 4.68 Å². The Balaban J connectivity index is 2.97. The van der Waals surface area contributed by atoms with Crippen molar-refractivity contribution in [3.8, 4) is 5.88 Å². The topological polar surface area (TPSA) is 27.1 Å². The van der Waals surface area contributed by atoms with Crippen molar-refractivity contribution in [1.82, 2.24) is 9.78 Å². The van der Waals surface area contributed by atoms with E-state index in [4.69, 9.17) is 16.3 Å². The van der Waals surface area contributed by atoms with E-state index in [-0.39, 0.29) is 5.38 Å². The summed E-state index contributed by atoms with van der Waals surface area (Å²) in [7, 11) is 3.43. The smallest absolute Gasteiger partial charge is 0.232 e. The Bertz CT molecular complexity index is 245. The van der Waals surface area contributed by atoms with Crippen molar-refractivity contribution in [3.63, 3.8) is 0 Å². The van der Waals surface area contributed by atoms with Crippen LogP contribution in [0.25, 0.3) is 0 Å². The number of rotatable bonds is 2. The summed E-state index contributed by atoms with van der Waals surface area (Å²) in [4.78, 5) is 0. The summed E-state index contributed by atoms with van der Waals surface area (Å²) in [6.45, 7) is 1.90. The molecule has 0 spiro atoms. The van der Waals surface area contributed by atoms with Gasteiger partial charge >= 0.3 is 0 Å². The zero-order valence-electron chi connectivity index (χ0n) is 6.84. The lowest BCUT2D eigenvalue weighted by Gasteiger charge is -2.00. The fourth-order valence-corrected chi connectivity index (χ4v) is 1.13. The number of methoxy groups -OCH3 is 1. The van der Waals surface area contributed by atoms with E-state index in [9.17, 15) is 0 Å². The van der Waals surface area contributed by atoms with Crippen molar-refractivity contribution >= 4 is 11.6 Å². The number of ether oxygens (including phenoxy) is 1. The third-order valence-electron chi connectivity index (χ3n) is 1.51. The second kappa shape index (κ2) is 3.13. The molecule has 0 N–H and O–H groups in total. The molecule has 0 aromatic carbocycles. The van der Waals surface area contributed by atoms with Gasteiger partial charge in [0.25, 0.3) is 0 Å². The molecule has 0 aliphatic heterocycles. The van der Waals surface area contributed by atoms with Crippen LogP contribution in [-0.2, 0) is 7.05 Å². The van der Waals surface area contributed by atoms with Crippen LogP contribution in [-0.4, -0.2) is 16.9 Å². The molecule has 0 aliphatic carbocycles. The summed E-state index contributed by atoms with van der Waals surface area (Å²) < 4.78 is 6.65. The van der Waals surface area contributed by atoms with E-state index in [1.807, 2.05) is 20.0 Å². The second-order valence-corrected chi connectivity index (χ2v) is 3.01. The van der Waals surface area contributed by atoms with E-state index in [1.165, 1.54) is 0 Å². The molecular formula is C7H11ClN2O. The molecule has 4 heteroatoms. The maximum atomic E-state index is 5.86. The fraction of sp³-hybridized carbons (Fsp3) is 0.571. The summed E-state index contributed by atoms with van der Waals surface area (Å²) in [5.41, 5.74) is 0.962. The summed E-state index contributed by atoms with van der Waals surface area (Å²) in [6, 6.07) is 1.83. The lowest BCUT2D eigenvalue weighted by atomic mass is 10.3. The molecule has 1 unspecified atom stereocenters.